The van der Waals surface area contributed by atoms with Gasteiger partial charge in [-0.1, -0.05) is 58.8 Å². The summed E-state index contributed by atoms with van der Waals surface area (Å²) in [5.41, 5.74) is 0.669. The van der Waals surface area contributed by atoms with Crippen molar-refractivity contribution in [2.24, 2.45) is 0 Å². The standard InChI is InChI=1S/C22H34O4/c1-3-5-7-9-10-12-20(23)18-14-16-19(17-15-18)26-21(22(24)25)13-11-8-6-4-2/h14-17,21H,3-13H2,1-2H3,(H,24,25). The number of Topliss-reactive ketones (excluding diaryl/α,β-unsaturated/α-hetero) is 1. The molecule has 0 aliphatic carbocycles. The molecule has 0 saturated heterocycles. The van der Waals surface area contributed by atoms with Crippen LogP contribution in [-0.4, -0.2) is 23.0 Å². The van der Waals surface area contributed by atoms with Crippen LogP contribution in [0.1, 0.15) is 94.8 Å². The van der Waals surface area contributed by atoms with Crippen molar-refractivity contribution >= 4 is 11.8 Å². The first-order valence-electron chi connectivity index (χ1n) is 10.1. The first-order chi connectivity index (χ1) is 12.6. The number of ketones is 1. The van der Waals surface area contributed by atoms with E-state index in [9.17, 15) is 14.7 Å². The number of hydrogen-bond donors (Lipinski definition) is 1. The van der Waals surface area contributed by atoms with E-state index < -0.39 is 12.1 Å². The Kier molecular flexibility index (Phi) is 11.4. The van der Waals surface area contributed by atoms with Crippen molar-refractivity contribution in [1.29, 1.82) is 0 Å². The molecule has 0 fully saturated rings. The van der Waals surface area contributed by atoms with E-state index >= 15 is 0 Å². The Labute approximate surface area is 158 Å². The van der Waals surface area contributed by atoms with Crippen LogP contribution in [0.15, 0.2) is 24.3 Å². The summed E-state index contributed by atoms with van der Waals surface area (Å²) < 4.78 is 5.61. The van der Waals surface area contributed by atoms with Crippen LogP contribution in [0.3, 0.4) is 0 Å². The summed E-state index contributed by atoms with van der Waals surface area (Å²) in [4.78, 5) is 23.5. The van der Waals surface area contributed by atoms with E-state index in [1.165, 1.54) is 19.3 Å². The highest BCUT2D eigenvalue weighted by Crippen LogP contribution is 2.18. The van der Waals surface area contributed by atoms with Gasteiger partial charge in [0.25, 0.3) is 0 Å². The fourth-order valence-electron chi connectivity index (χ4n) is 2.91. The minimum atomic E-state index is -0.936. The SMILES string of the molecule is CCCCCCCC(=O)c1ccc(OC(CCCCCC)C(=O)O)cc1. The smallest absolute Gasteiger partial charge is 0.344 e. The third kappa shape index (κ3) is 9.02. The summed E-state index contributed by atoms with van der Waals surface area (Å²) in [5.74, 6) is -0.288. The molecule has 0 spiro atoms. The van der Waals surface area contributed by atoms with E-state index in [1.807, 2.05) is 0 Å². The molecule has 0 aliphatic heterocycles. The molecule has 1 rings (SSSR count). The largest absolute Gasteiger partial charge is 0.479 e. The monoisotopic (exact) mass is 362 g/mol. The molecule has 26 heavy (non-hydrogen) atoms. The molecular formula is C22H34O4. The quantitative estimate of drug-likeness (QED) is 0.305. The van der Waals surface area contributed by atoms with Crippen molar-refractivity contribution in [3.8, 4) is 5.75 Å². The molecule has 1 aromatic rings. The maximum Gasteiger partial charge on any atom is 0.344 e. The number of benzene rings is 1. The second kappa shape index (κ2) is 13.4. The first-order valence-corrected chi connectivity index (χ1v) is 10.1. The average Bonchev–Trinajstić information content (AvgIpc) is 2.64. The van der Waals surface area contributed by atoms with E-state index in [0.717, 1.165) is 38.5 Å². The number of carbonyl (C=O) groups is 2. The number of aliphatic carboxylic acids is 1. The van der Waals surface area contributed by atoms with Crippen molar-refractivity contribution in [2.45, 2.75) is 90.6 Å². The van der Waals surface area contributed by atoms with Gasteiger partial charge in [0.15, 0.2) is 11.9 Å². The van der Waals surface area contributed by atoms with E-state index in [2.05, 4.69) is 13.8 Å². The van der Waals surface area contributed by atoms with Gasteiger partial charge in [-0.25, -0.2) is 4.79 Å². The van der Waals surface area contributed by atoms with Gasteiger partial charge < -0.3 is 9.84 Å². The normalized spacial score (nSPS) is 11.9. The Bertz CT molecular complexity index is 521. The molecule has 0 aromatic heterocycles. The zero-order chi connectivity index (χ0) is 19.2. The summed E-state index contributed by atoms with van der Waals surface area (Å²) in [6.07, 6.45) is 9.98. The zero-order valence-corrected chi connectivity index (χ0v) is 16.3. The predicted octanol–water partition coefficient (Wildman–Crippen LogP) is 6.03. The summed E-state index contributed by atoms with van der Waals surface area (Å²) in [6, 6.07) is 6.87. The van der Waals surface area contributed by atoms with Crippen LogP contribution in [0, 0.1) is 0 Å². The molecule has 0 saturated carbocycles. The van der Waals surface area contributed by atoms with Crippen LogP contribution in [-0.2, 0) is 4.79 Å². The van der Waals surface area contributed by atoms with Crippen LogP contribution in [0.5, 0.6) is 5.75 Å². The number of ether oxygens (including phenoxy) is 1. The predicted molar refractivity (Wildman–Crippen MR) is 105 cm³/mol. The minimum absolute atomic E-state index is 0.141. The minimum Gasteiger partial charge on any atom is -0.479 e. The highest BCUT2D eigenvalue weighted by atomic mass is 16.5. The Morgan fingerprint density at radius 2 is 1.46 bits per heavy atom. The van der Waals surface area contributed by atoms with Crippen molar-refractivity contribution < 1.29 is 19.4 Å². The van der Waals surface area contributed by atoms with Crippen LogP contribution in [0.2, 0.25) is 0 Å². The highest BCUT2D eigenvalue weighted by Gasteiger charge is 2.19. The van der Waals surface area contributed by atoms with Crippen LogP contribution in [0.4, 0.5) is 0 Å². The Hall–Kier alpha value is -1.84. The lowest BCUT2D eigenvalue weighted by Crippen LogP contribution is -2.26. The van der Waals surface area contributed by atoms with E-state index in [1.54, 1.807) is 24.3 Å². The molecule has 0 radical (unpaired) electrons. The molecule has 4 heteroatoms. The molecule has 1 N–H and O–H groups in total. The van der Waals surface area contributed by atoms with Crippen LogP contribution in [0.25, 0.3) is 0 Å². The van der Waals surface area contributed by atoms with Crippen LogP contribution >= 0.6 is 0 Å². The van der Waals surface area contributed by atoms with Crippen molar-refractivity contribution in [1.82, 2.24) is 0 Å². The molecule has 0 bridgehead atoms. The fourth-order valence-corrected chi connectivity index (χ4v) is 2.91. The maximum absolute atomic E-state index is 12.2. The fraction of sp³-hybridized carbons (Fsp3) is 0.636. The lowest BCUT2D eigenvalue weighted by Gasteiger charge is -2.15. The summed E-state index contributed by atoms with van der Waals surface area (Å²) in [7, 11) is 0. The van der Waals surface area contributed by atoms with Crippen molar-refractivity contribution in [3.63, 3.8) is 0 Å². The second-order valence-corrected chi connectivity index (χ2v) is 6.91. The number of carbonyl (C=O) groups excluding carboxylic acids is 1. The Morgan fingerprint density at radius 3 is 2.04 bits per heavy atom. The topological polar surface area (TPSA) is 63.6 Å². The average molecular weight is 363 g/mol. The summed E-state index contributed by atoms with van der Waals surface area (Å²) in [6.45, 7) is 4.30. The number of carboxylic acids is 1. The molecule has 0 heterocycles. The molecule has 4 nitrogen and oxygen atoms in total. The van der Waals surface area contributed by atoms with Crippen molar-refractivity contribution in [3.05, 3.63) is 29.8 Å². The van der Waals surface area contributed by atoms with Gasteiger partial charge in [0, 0.05) is 12.0 Å². The lowest BCUT2D eigenvalue weighted by molar-refractivity contribution is -0.145. The van der Waals surface area contributed by atoms with Gasteiger partial charge in [0.05, 0.1) is 0 Å². The molecule has 0 aliphatic rings. The Morgan fingerprint density at radius 1 is 0.885 bits per heavy atom. The van der Waals surface area contributed by atoms with Gasteiger partial charge in [0.2, 0.25) is 0 Å². The second-order valence-electron chi connectivity index (χ2n) is 6.91. The molecule has 1 unspecified atom stereocenters. The lowest BCUT2D eigenvalue weighted by atomic mass is 10.0. The first kappa shape index (κ1) is 22.2. The number of hydrogen-bond acceptors (Lipinski definition) is 3. The molecular weight excluding hydrogens is 328 g/mol. The van der Waals surface area contributed by atoms with E-state index in [0.29, 0.717) is 24.2 Å². The van der Waals surface area contributed by atoms with Gasteiger partial charge in [-0.05, 0) is 43.5 Å². The number of rotatable bonds is 15. The highest BCUT2D eigenvalue weighted by molar-refractivity contribution is 5.96. The van der Waals surface area contributed by atoms with Gasteiger partial charge in [-0.3, -0.25) is 4.79 Å². The van der Waals surface area contributed by atoms with Gasteiger partial charge in [-0.2, -0.15) is 0 Å². The summed E-state index contributed by atoms with van der Waals surface area (Å²) in [5, 5.41) is 9.31. The van der Waals surface area contributed by atoms with Gasteiger partial charge in [-0.15, -0.1) is 0 Å². The van der Waals surface area contributed by atoms with Gasteiger partial charge >= 0.3 is 5.97 Å². The third-order valence-corrected chi connectivity index (χ3v) is 4.56. The summed E-state index contributed by atoms with van der Waals surface area (Å²) >= 11 is 0. The number of unbranched alkanes of at least 4 members (excludes halogenated alkanes) is 7. The zero-order valence-electron chi connectivity index (χ0n) is 16.3. The molecule has 1 aromatic carbocycles. The van der Waals surface area contributed by atoms with Gasteiger partial charge in [0.1, 0.15) is 5.75 Å². The van der Waals surface area contributed by atoms with Crippen LogP contribution < -0.4 is 4.74 Å². The number of carboxylic acid groups (broad SMARTS) is 1. The molecule has 146 valence electrons. The molecule has 1 atom stereocenters. The van der Waals surface area contributed by atoms with Crippen molar-refractivity contribution in [2.75, 3.05) is 0 Å². The Balaban J connectivity index is 2.46. The third-order valence-electron chi connectivity index (χ3n) is 4.56. The maximum atomic E-state index is 12.2. The molecule has 0 amide bonds. The van der Waals surface area contributed by atoms with E-state index in [-0.39, 0.29) is 5.78 Å². The van der Waals surface area contributed by atoms with E-state index in [4.69, 9.17) is 4.74 Å².